The van der Waals surface area contributed by atoms with Gasteiger partial charge in [-0.25, -0.2) is 0 Å². The Morgan fingerprint density at radius 2 is 2.21 bits per heavy atom. The first-order valence-electron chi connectivity index (χ1n) is 6.59. The summed E-state index contributed by atoms with van der Waals surface area (Å²) in [5, 5.41) is 21.9. The van der Waals surface area contributed by atoms with Crippen LogP contribution in [-0.2, 0) is 11.2 Å². The lowest BCUT2D eigenvalue weighted by Gasteiger charge is -2.34. The number of carbonyl (C=O) groups is 1. The van der Waals surface area contributed by atoms with Crippen molar-refractivity contribution in [1.82, 2.24) is 10.2 Å². The topological polar surface area (TPSA) is 72.8 Å². The summed E-state index contributed by atoms with van der Waals surface area (Å²) in [5.74, 6) is -0.132. The van der Waals surface area contributed by atoms with Crippen molar-refractivity contribution in [3.05, 3.63) is 23.8 Å². The Hall–Kier alpha value is -1.75. The predicted molar refractivity (Wildman–Crippen MR) is 72.1 cm³/mol. The molecule has 5 nitrogen and oxygen atoms in total. The molecule has 1 aromatic carbocycles. The normalized spacial score (nSPS) is 19.4. The maximum atomic E-state index is 12.1. The van der Waals surface area contributed by atoms with Crippen LogP contribution in [0.25, 0.3) is 0 Å². The number of rotatable bonds is 3. The molecule has 1 fully saturated rings. The number of hydrogen-bond donors (Lipinski definition) is 3. The summed E-state index contributed by atoms with van der Waals surface area (Å²) in [6.45, 7) is 4.47. The lowest BCUT2D eigenvalue weighted by molar-refractivity contribution is -0.133. The van der Waals surface area contributed by atoms with Crippen molar-refractivity contribution < 1.29 is 15.0 Å². The van der Waals surface area contributed by atoms with Crippen molar-refractivity contribution in [2.24, 2.45) is 0 Å². The second-order valence-corrected chi connectivity index (χ2v) is 4.96. The van der Waals surface area contributed by atoms with Gasteiger partial charge < -0.3 is 20.4 Å². The first kappa shape index (κ1) is 13.7. The van der Waals surface area contributed by atoms with Gasteiger partial charge in [-0.3, -0.25) is 4.79 Å². The molecule has 104 valence electrons. The van der Waals surface area contributed by atoms with Crippen LogP contribution in [0.15, 0.2) is 18.2 Å². The lowest BCUT2D eigenvalue weighted by atomic mass is 10.1. The third-order valence-corrected chi connectivity index (χ3v) is 3.49. The number of carbonyl (C=O) groups excluding carboxylic acids is 1. The molecule has 1 atom stereocenters. The second kappa shape index (κ2) is 5.93. The molecule has 0 aromatic heterocycles. The van der Waals surface area contributed by atoms with Gasteiger partial charge in [-0.2, -0.15) is 0 Å². The zero-order chi connectivity index (χ0) is 13.8. The van der Waals surface area contributed by atoms with E-state index in [9.17, 15) is 15.0 Å². The number of nitrogens with zero attached hydrogens (tertiary/aromatic N) is 1. The molecule has 3 N–H and O–H groups in total. The summed E-state index contributed by atoms with van der Waals surface area (Å²) in [7, 11) is 0. The molecule has 1 heterocycles. The number of benzene rings is 1. The average Bonchev–Trinajstić information content (AvgIpc) is 2.40. The minimum Gasteiger partial charge on any atom is -0.504 e. The molecule has 1 aliphatic heterocycles. The number of phenolic OH excluding ortho intramolecular Hbond substituents is 2. The van der Waals surface area contributed by atoms with E-state index in [2.05, 4.69) is 5.32 Å². The fraction of sp³-hybridized carbons (Fsp3) is 0.500. The molecule has 1 unspecified atom stereocenters. The van der Waals surface area contributed by atoms with Crippen LogP contribution in [0.3, 0.4) is 0 Å². The molecular formula is C14H20N2O3. The highest BCUT2D eigenvalue weighted by molar-refractivity contribution is 5.77. The summed E-state index contributed by atoms with van der Waals surface area (Å²) >= 11 is 0. The van der Waals surface area contributed by atoms with Gasteiger partial charge in [-0.1, -0.05) is 6.07 Å². The second-order valence-electron chi connectivity index (χ2n) is 4.96. The standard InChI is InChI=1S/C14H20N2O3/c1-10-9-15-6-7-16(10)14(19)5-3-11-2-4-12(17)13(18)8-11/h2,4,8,10,15,17-18H,3,5-7,9H2,1H3. The van der Waals surface area contributed by atoms with Crippen LogP contribution in [0.4, 0.5) is 0 Å². The third kappa shape index (κ3) is 3.38. The fourth-order valence-corrected chi connectivity index (χ4v) is 2.33. The van der Waals surface area contributed by atoms with E-state index in [0.717, 1.165) is 25.2 Å². The summed E-state index contributed by atoms with van der Waals surface area (Å²) in [4.78, 5) is 14.0. The number of hydrogen-bond acceptors (Lipinski definition) is 4. The maximum Gasteiger partial charge on any atom is 0.223 e. The molecule has 1 saturated heterocycles. The van der Waals surface area contributed by atoms with Crippen LogP contribution >= 0.6 is 0 Å². The molecule has 2 rings (SSSR count). The minimum absolute atomic E-state index is 0.134. The largest absolute Gasteiger partial charge is 0.504 e. The van der Waals surface area contributed by atoms with Crippen LogP contribution in [0.5, 0.6) is 11.5 Å². The molecule has 0 spiro atoms. The van der Waals surface area contributed by atoms with E-state index in [4.69, 9.17) is 0 Å². The van der Waals surface area contributed by atoms with Gasteiger partial charge in [0.1, 0.15) is 0 Å². The number of phenols is 2. The van der Waals surface area contributed by atoms with E-state index in [1.807, 2.05) is 11.8 Å². The van der Waals surface area contributed by atoms with Crippen molar-refractivity contribution in [2.75, 3.05) is 19.6 Å². The van der Waals surface area contributed by atoms with E-state index < -0.39 is 0 Å². The molecule has 19 heavy (non-hydrogen) atoms. The van der Waals surface area contributed by atoms with Gasteiger partial charge in [0.2, 0.25) is 5.91 Å². The SMILES string of the molecule is CC1CNCCN1C(=O)CCc1ccc(O)c(O)c1. The molecule has 0 aliphatic carbocycles. The van der Waals surface area contributed by atoms with E-state index in [0.29, 0.717) is 12.8 Å². The Bertz CT molecular complexity index is 462. The zero-order valence-corrected chi connectivity index (χ0v) is 11.1. The molecular weight excluding hydrogens is 244 g/mol. The number of nitrogens with one attached hydrogen (secondary N) is 1. The molecule has 0 saturated carbocycles. The Morgan fingerprint density at radius 3 is 2.89 bits per heavy atom. The van der Waals surface area contributed by atoms with Gasteiger partial charge in [-0.15, -0.1) is 0 Å². The summed E-state index contributed by atoms with van der Waals surface area (Å²) in [6.07, 6.45) is 0.998. The first-order chi connectivity index (χ1) is 9.08. The summed E-state index contributed by atoms with van der Waals surface area (Å²) < 4.78 is 0. The lowest BCUT2D eigenvalue weighted by Crippen LogP contribution is -2.52. The number of aromatic hydroxyl groups is 2. The highest BCUT2D eigenvalue weighted by atomic mass is 16.3. The van der Waals surface area contributed by atoms with Crippen molar-refractivity contribution >= 4 is 5.91 Å². The van der Waals surface area contributed by atoms with Crippen molar-refractivity contribution in [1.29, 1.82) is 0 Å². The van der Waals surface area contributed by atoms with E-state index in [-0.39, 0.29) is 23.4 Å². The highest BCUT2D eigenvalue weighted by Gasteiger charge is 2.22. The monoisotopic (exact) mass is 264 g/mol. The minimum atomic E-state index is -0.138. The molecule has 5 heteroatoms. The Balaban J connectivity index is 1.90. The highest BCUT2D eigenvalue weighted by Crippen LogP contribution is 2.25. The molecule has 0 radical (unpaired) electrons. The van der Waals surface area contributed by atoms with Crippen LogP contribution in [0.2, 0.25) is 0 Å². The summed E-state index contributed by atoms with van der Waals surface area (Å²) in [5.41, 5.74) is 0.853. The van der Waals surface area contributed by atoms with Crippen LogP contribution < -0.4 is 5.32 Å². The fourth-order valence-electron chi connectivity index (χ4n) is 2.33. The summed E-state index contributed by atoms with van der Waals surface area (Å²) in [6, 6.07) is 4.91. The van der Waals surface area contributed by atoms with Gasteiger partial charge in [-0.05, 0) is 31.0 Å². The average molecular weight is 264 g/mol. The van der Waals surface area contributed by atoms with Gasteiger partial charge in [0.05, 0.1) is 0 Å². The Morgan fingerprint density at radius 1 is 1.42 bits per heavy atom. The van der Waals surface area contributed by atoms with Crippen molar-refractivity contribution in [3.8, 4) is 11.5 Å². The van der Waals surface area contributed by atoms with Crippen molar-refractivity contribution in [3.63, 3.8) is 0 Å². The molecule has 1 amide bonds. The van der Waals surface area contributed by atoms with Gasteiger partial charge in [0.15, 0.2) is 11.5 Å². The Labute approximate surface area is 112 Å². The van der Waals surface area contributed by atoms with Crippen LogP contribution in [0, 0.1) is 0 Å². The predicted octanol–water partition coefficient (Wildman–Crippen LogP) is 0.851. The van der Waals surface area contributed by atoms with Crippen LogP contribution in [-0.4, -0.2) is 46.7 Å². The smallest absolute Gasteiger partial charge is 0.223 e. The molecule has 0 bridgehead atoms. The first-order valence-corrected chi connectivity index (χ1v) is 6.59. The van der Waals surface area contributed by atoms with E-state index in [1.54, 1.807) is 6.07 Å². The Kier molecular flexibility index (Phi) is 4.27. The number of aryl methyl sites for hydroxylation is 1. The van der Waals surface area contributed by atoms with Gasteiger partial charge in [0, 0.05) is 32.1 Å². The zero-order valence-electron chi connectivity index (χ0n) is 11.1. The van der Waals surface area contributed by atoms with E-state index >= 15 is 0 Å². The number of amides is 1. The van der Waals surface area contributed by atoms with Gasteiger partial charge >= 0.3 is 0 Å². The molecule has 1 aliphatic rings. The van der Waals surface area contributed by atoms with Gasteiger partial charge in [0.25, 0.3) is 0 Å². The van der Waals surface area contributed by atoms with Crippen molar-refractivity contribution in [2.45, 2.75) is 25.8 Å². The van der Waals surface area contributed by atoms with Crippen LogP contribution in [0.1, 0.15) is 18.9 Å². The number of piperazine rings is 1. The molecule has 1 aromatic rings. The van der Waals surface area contributed by atoms with E-state index in [1.165, 1.54) is 12.1 Å². The quantitative estimate of drug-likeness (QED) is 0.708. The third-order valence-electron chi connectivity index (χ3n) is 3.49. The maximum absolute atomic E-state index is 12.1.